The first-order valence-electron chi connectivity index (χ1n) is 10.9. The highest BCUT2D eigenvalue weighted by Gasteiger charge is 2.41. The van der Waals surface area contributed by atoms with Gasteiger partial charge in [-0.25, -0.2) is 0 Å². The van der Waals surface area contributed by atoms with Crippen molar-refractivity contribution in [1.82, 2.24) is 4.90 Å². The molecule has 1 saturated carbocycles. The molecule has 0 bridgehead atoms. The maximum Gasteiger partial charge on any atom is 0.168 e. The van der Waals surface area contributed by atoms with E-state index in [2.05, 4.69) is 35.4 Å². The van der Waals surface area contributed by atoms with Crippen molar-refractivity contribution in [3.05, 3.63) is 64.3 Å². The van der Waals surface area contributed by atoms with E-state index in [0.29, 0.717) is 18.2 Å². The van der Waals surface area contributed by atoms with Crippen LogP contribution in [0.15, 0.2) is 42.6 Å². The van der Waals surface area contributed by atoms with Crippen molar-refractivity contribution in [2.75, 3.05) is 20.3 Å². The Balaban J connectivity index is 1.22. The van der Waals surface area contributed by atoms with E-state index in [-0.39, 0.29) is 11.9 Å². The van der Waals surface area contributed by atoms with Crippen LogP contribution in [0.1, 0.15) is 42.4 Å². The molecule has 6 heteroatoms. The molecule has 2 fully saturated rings. The second kappa shape index (κ2) is 8.73. The highest BCUT2D eigenvalue weighted by Crippen LogP contribution is 2.39. The van der Waals surface area contributed by atoms with Gasteiger partial charge in [-0.15, -0.1) is 0 Å². The molecule has 164 valence electrons. The fraction of sp³-hybridized carbons (Fsp3) is 0.440. The molecule has 0 atom stereocenters. The Kier molecular flexibility index (Phi) is 5.83. The molecule has 2 aliphatic heterocycles. The van der Waals surface area contributed by atoms with Gasteiger partial charge in [0.1, 0.15) is 11.5 Å². The van der Waals surface area contributed by atoms with E-state index in [1.54, 1.807) is 7.11 Å². The molecule has 1 aliphatic carbocycles. The highest BCUT2D eigenvalue weighted by molar-refractivity contribution is 6.32. The molecule has 2 heterocycles. The monoisotopic (exact) mass is 441 g/mol. The third kappa shape index (κ3) is 4.54. The van der Waals surface area contributed by atoms with E-state index < -0.39 is 0 Å². The first-order chi connectivity index (χ1) is 15.1. The van der Waals surface area contributed by atoms with Crippen LogP contribution in [0.5, 0.6) is 11.5 Å². The highest BCUT2D eigenvalue weighted by atomic mass is 35.5. The standard InChI is InChI=1S/C25H28ClNO4/c1-28-21-4-2-18(3-5-21)16-27-11-8-19-15-24(23(26)14-20(19)17-27)31-22-6-9-25(10-7-22)29-12-13-30-25/h2-5,8,11,14-15,22H,6-7,9-10,12-13,16-17H2,1H3. The van der Waals surface area contributed by atoms with Gasteiger partial charge in [0, 0.05) is 32.1 Å². The molecule has 2 aromatic rings. The van der Waals surface area contributed by atoms with Gasteiger partial charge in [0.15, 0.2) is 5.79 Å². The van der Waals surface area contributed by atoms with E-state index in [1.165, 1.54) is 16.7 Å². The lowest BCUT2D eigenvalue weighted by molar-refractivity contribution is -0.186. The number of halogens is 1. The van der Waals surface area contributed by atoms with E-state index in [1.807, 2.05) is 18.2 Å². The zero-order valence-corrected chi connectivity index (χ0v) is 18.6. The minimum atomic E-state index is -0.365. The van der Waals surface area contributed by atoms with Crippen molar-refractivity contribution in [1.29, 1.82) is 0 Å². The molecule has 1 saturated heterocycles. The van der Waals surface area contributed by atoms with Crippen molar-refractivity contribution in [2.45, 2.75) is 50.7 Å². The predicted molar refractivity (Wildman–Crippen MR) is 120 cm³/mol. The molecule has 0 amide bonds. The number of ether oxygens (including phenoxy) is 4. The Hall–Kier alpha value is -2.21. The second-order valence-corrected chi connectivity index (χ2v) is 8.88. The van der Waals surface area contributed by atoms with Crippen LogP contribution in [0.3, 0.4) is 0 Å². The van der Waals surface area contributed by atoms with Gasteiger partial charge in [0.05, 0.1) is 31.5 Å². The van der Waals surface area contributed by atoms with Gasteiger partial charge in [-0.05, 0) is 59.9 Å². The normalized spacial score (nSPS) is 20.1. The number of hydrogen-bond acceptors (Lipinski definition) is 5. The van der Waals surface area contributed by atoms with Crippen LogP contribution < -0.4 is 9.47 Å². The van der Waals surface area contributed by atoms with E-state index in [9.17, 15) is 0 Å². The average molecular weight is 442 g/mol. The van der Waals surface area contributed by atoms with Crippen molar-refractivity contribution in [3.8, 4) is 11.5 Å². The summed E-state index contributed by atoms with van der Waals surface area (Å²) in [6, 6.07) is 12.3. The number of fused-ring (bicyclic) bond motifs is 1. The van der Waals surface area contributed by atoms with Crippen LogP contribution in [-0.2, 0) is 22.6 Å². The van der Waals surface area contributed by atoms with E-state index >= 15 is 0 Å². The maximum atomic E-state index is 6.61. The molecule has 3 aliphatic rings. The van der Waals surface area contributed by atoms with Gasteiger partial charge in [-0.1, -0.05) is 23.7 Å². The van der Waals surface area contributed by atoms with Gasteiger partial charge in [0.2, 0.25) is 0 Å². The summed E-state index contributed by atoms with van der Waals surface area (Å²) in [7, 11) is 1.68. The second-order valence-electron chi connectivity index (χ2n) is 8.48. The van der Waals surface area contributed by atoms with Crippen molar-refractivity contribution in [3.63, 3.8) is 0 Å². The largest absolute Gasteiger partial charge is 0.497 e. The Bertz CT molecular complexity index is 943. The van der Waals surface area contributed by atoms with Gasteiger partial charge in [0.25, 0.3) is 0 Å². The molecule has 31 heavy (non-hydrogen) atoms. The van der Waals surface area contributed by atoms with Gasteiger partial charge in [-0.2, -0.15) is 0 Å². The van der Waals surface area contributed by atoms with Crippen molar-refractivity contribution < 1.29 is 18.9 Å². The van der Waals surface area contributed by atoms with Gasteiger partial charge < -0.3 is 23.8 Å². The van der Waals surface area contributed by atoms with Crippen molar-refractivity contribution in [2.24, 2.45) is 0 Å². The number of rotatable bonds is 5. The SMILES string of the molecule is COc1ccc(CN2C=Cc3cc(OC4CCC5(CC4)OCCO5)c(Cl)cc3C2)cc1. The average Bonchev–Trinajstić information content (AvgIpc) is 3.25. The molecule has 5 nitrogen and oxygen atoms in total. The summed E-state index contributed by atoms with van der Waals surface area (Å²) < 4.78 is 23.2. The zero-order chi connectivity index (χ0) is 21.3. The lowest BCUT2D eigenvalue weighted by atomic mass is 9.91. The molecule has 1 spiro atoms. The van der Waals surface area contributed by atoms with E-state index in [4.69, 9.17) is 30.5 Å². The summed E-state index contributed by atoms with van der Waals surface area (Å²) >= 11 is 6.61. The van der Waals surface area contributed by atoms with Crippen LogP contribution in [0.4, 0.5) is 0 Å². The summed E-state index contributed by atoms with van der Waals surface area (Å²) in [6.07, 6.45) is 8.01. The predicted octanol–water partition coefficient (Wildman–Crippen LogP) is 5.40. The Morgan fingerprint density at radius 1 is 1.10 bits per heavy atom. The quantitative estimate of drug-likeness (QED) is 0.621. The minimum Gasteiger partial charge on any atom is -0.497 e. The number of benzene rings is 2. The Labute approximate surface area is 188 Å². The summed E-state index contributed by atoms with van der Waals surface area (Å²) in [5.74, 6) is 1.28. The zero-order valence-electron chi connectivity index (χ0n) is 17.8. The first kappa shape index (κ1) is 20.7. The molecule has 5 rings (SSSR count). The third-order valence-corrected chi connectivity index (χ3v) is 6.67. The third-order valence-electron chi connectivity index (χ3n) is 6.38. The maximum absolute atomic E-state index is 6.61. The molecular formula is C25H28ClNO4. The summed E-state index contributed by atoms with van der Waals surface area (Å²) in [5.41, 5.74) is 3.62. The molecule has 0 aromatic heterocycles. The fourth-order valence-corrected chi connectivity index (χ4v) is 4.87. The Morgan fingerprint density at radius 2 is 1.84 bits per heavy atom. The van der Waals surface area contributed by atoms with Crippen LogP contribution in [0, 0.1) is 0 Å². The van der Waals surface area contributed by atoms with Crippen LogP contribution in [0.25, 0.3) is 6.08 Å². The lowest BCUT2D eigenvalue weighted by Crippen LogP contribution is -2.38. The van der Waals surface area contributed by atoms with E-state index in [0.717, 1.165) is 50.3 Å². The minimum absolute atomic E-state index is 0.146. The smallest absolute Gasteiger partial charge is 0.168 e. The van der Waals surface area contributed by atoms with Crippen LogP contribution >= 0.6 is 11.6 Å². The molecule has 2 aromatic carbocycles. The molecule has 0 unspecified atom stereocenters. The number of nitrogens with zero attached hydrogens (tertiary/aromatic N) is 1. The van der Waals surface area contributed by atoms with Gasteiger partial charge in [-0.3, -0.25) is 0 Å². The number of hydrogen-bond donors (Lipinski definition) is 0. The summed E-state index contributed by atoms with van der Waals surface area (Å²) in [4.78, 5) is 2.28. The van der Waals surface area contributed by atoms with Crippen molar-refractivity contribution >= 4 is 17.7 Å². The fourth-order valence-electron chi connectivity index (χ4n) is 4.64. The summed E-state index contributed by atoms with van der Waals surface area (Å²) in [5, 5.41) is 0.673. The lowest BCUT2D eigenvalue weighted by Gasteiger charge is -2.35. The van der Waals surface area contributed by atoms with Crippen LogP contribution in [-0.4, -0.2) is 37.1 Å². The Morgan fingerprint density at radius 3 is 2.55 bits per heavy atom. The molecule has 0 radical (unpaired) electrons. The number of methoxy groups -OCH3 is 1. The first-order valence-corrected chi connectivity index (χ1v) is 11.3. The summed E-state index contributed by atoms with van der Waals surface area (Å²) in [6.45, 7) is 3.05. The molecule has 0 N–H and O–H groups in total. The van der Waals surface area contributed by atoms with Gasteiger partial charge >= 0.3 is 0 Å². The topological polar surface area (TPSA) is 40.2 Å². The van der Waals surface area contributed by atoms with Crippen LogP contribution in [0.2, 0.25) is 5.02 Å². The molecular weight excluding hydrogens is 414 g/mol.